The van der Waals surface area contributed by atoms with Gasteiger partial charge in [0.05, 0.1) is 4.75 Å². The first-order valence-corrected chi connectivity index (χ1v) is 9.36. The standard InChI is InChI=1S/C16H24N2O5S/c1-16(2,3)24(20,21)17-9-5-4-6-15(19)18-12-7-8-13-14(10-12)23-11-22-13/h7-8,10,17H,4-6,9,11H2,1-3H3,(H,18,19). The molecule has 0 radical (unpaired) electrons. The van der Waals surface area contributed by atoms with Crippen molar-refractivity contribution in [1.82, 2.24) is 4.72 Å². The molecule has 8 heteroatoms. The minimum absolute atomic E-state index is 0.118. The number of amides is 1. The number of anilines is 1. The van der Waals surface area contributed by atoms with E-state index in [0.29, 0.717) is 43.0 Å². The molecule has 24 heavy (non-hydrogen) atoms. The Labute approximate surface area is 142 Å². The summed E-state index contributed by atoms with van der Waals surface area (Å²) in [5.74, 6) is 1.16. The highest BCUT2D eigenvalue weighted by molar-refractivity contribution is 7.90. The van der Waals surface area contributed by atoms with Crippen LogP contribution in [0, 0.1) is 0 Å². The summed E-state index contributed by atoms with van der Waals surface area (Å²) < 4.78 is 35.9. The van der Waals surface area contributed by atoms with Crippen LogP contribution in [0.1, 0.15) is 40.0 Å². The SMILES string of the molecule is CC(C)(C)S(=O)(=O)NCCCCC(=O)Nc1ccc2c(c1)OCO2. The largest absolute Gasteiger partial charge is 0.454 e. The molecular formula is C16H24N2O5S. The summed E-state index contributed by atoms with van der Waals surface area (Å²) in [5.41, 5.74) is 0.651. The fourth-order valence-electron chi connectivity index (χ4n) is 2.03. The van der Waals surface area contributed by atoms with Crippen LogP contribution >= 0.6 is 0 Å². The molecule has 0 unspecified atom stereocenters. The molecule has 1 amide bonds. The van der Waals surface area contributed by atoms with E-state index in [1.165, 1.54) is 0 Å². The summed E-state index contributed by atoms with van der Waals surface area (Å²) in [6, 6.07) is 5.22. The predicted molar refractivity (Wildman–Crippen MR) is 91.7 cm³/mol. The van der Waals surface area contributed by atoms with E-state index < -0.39 is 14.8 Å². The molecule has 0 aromatic heterocycles. The second-order valence-electron chi connectivity index (χ2n) is 6.58. The highest BCUT2D eigenvalue weighted by atomic mass is 32.2. The Morgan fingerprint density at radius 1 is 1.17 bits per heavy atom. The first kappa shape index (κ1) is 18.5. The molecule has 1 aliphatic heterocycles. The Morgan fingerprint density at radius 2 is 1.88 bits per heavy atom. The van der Waals surface area contributed by atoms with Crippen LogP contribution in [0.15, 0.2) is 18.2 Å². The number of nitrogens with one attached hydrogen (secondary N) is 2. The number of carbonyl (C=O) groups excluding carboxylic acids is 1. The van der Waals surface area contributed by atoms with Crippen molar-refractivity contribution in [2.24, 2.45) is 0 Å². The molecule has 0 spiro atoms. The molecule has 1 heterocycles. The summed E-state index contributed by atoms with van der Waals surface area (Å²) >= 11 is 0. The first-order chi connectivity index (χ1) is 11.2. The maximum Gasteiger partial charge on any atom is 0.231 e. The van der Waals surface area contributed by atoms with Gasteiger partial charge >= 0.3 is 0 Å². The number of hydrogen-bond donors (Lipinski definition) is 2. The average molecular weight is 356 g/mol. The number of sulfonamides is 1. The molecule has 0 aliphatic carbocycles. The van der Waals surface area contributed by atoms with E-state index >= 15 is 0 Å². The molecule has 0 saturated carbocycles. The van der Waals surface area contributed by atoms with Crippen molar-refractivity contribution in [3.63, 3.8) is 0 Å². The smallest absolute Gasteiger partial charge is 0.231 e. The second kappa shape index (κ2) is 7.40. The van der Waals surface area contributed by atoms with Gasteiger partial charge in [-0.25, -0.2) is 13.1 Å². The Hall–Kier alpha value is -1.80. The van der Waals surface area contributed by atoms with Crippen molar-refractivity contribution >= 4 is 21.6 Å². The Kier molecular flexibility index (Phi) is 5.71. The van der Waals surface area contributed by atoms with E-state index in [9.17, 15) is 13.2 Å². The van der Waals surface area contributed by atoms with Gasteiger partial charge in [0, 0.05) is 24.7 Å². The van der Waals surface area contributed by atoms with E-state index in [1.54, 1.807) is 39.0 Å². The number of fused-ring (bicyclic) bond motifs is 1. The van der Waals surface area contributed by atoms with Gasteiger partial charge in [0.1, 0.15) is 0 Å². The van der Waals surface area contributed by atoms with E-state index in [-0.39, 0.29) is 12.7 Å². The van der Waals surface area contributed by atoms with Crippen LogP contribution < -0.4 is 19.5 Å². The number of unbranched alkanes of at least 4 members (excludes halogenated alkanes) is 1. The average Bonchev–Trinajstić information content (AvgIpc) is 2.93. The summed E-state index contributed by atoms with van der Waals surface area (Å²) in [7, 11) is -3.33. The second-order valence-corrected chi connectivity index (χ2v) is 9.10. The van der Waals surface area contributed by atoms with Crippen LogP contribution in [0.4, 0.5) is 5.69 Å². The van der Waals surface area contributed by atoms with Crippen molar-refractivity contribution < 1.29 is 22.7 Å². The molecule has 0 atom stereocenters. The van der Waals surface area contributed by atoms with Gasteiger partial charge in [-0.1, -0.05) is 0 Å². The van der Waals surface area contributed by atoms with Crippen LogP contribution in [-0.4, -0.2) is 32.4 Å². The molecule has 1 aromatic rings. The third-order valence-electron chi connectivity index (χ3n) is 3.59. The van der Waals surface area contributed by atoms with Crippen molar-refractivity contribution in [3.8, 4) is 11.5 Å². The normalized spacial score (nSPS) is 13.8. The molecule has 2 rings (SSSR count). The zero-order chi connectivity index (χ0) is 17.8. The number of ether oxygens (including phenoxy) is 2. The van der Waals surface area contributed by atoms with Gasteiger partial charge in [0.2, 0.25) is 22.7 Å². The Balaban J connectivity index is 1.69. The minimum Gasteiger partial charge on any atom is -0.454 e. The van der Waals surface area contributed by atoms with E-state index in [0.717, 1.165) is 0 Å². The predicted octanol–water partition coefficient (Wildman–Crippen LogP) is 2.24. The number of hydrogen-bond acceptors (Lipinski definition) is 5. The van der Waals surface area contributed by atoms with Gasteiger partial charge < -0.3 is 14.8 Å². The molecule has 7 nitrogen and oxygen atoms in total. The van der Waals surface area contributed by atoms with Crippen molar-refractivity contribution in [3.05, 3.63) is 18.2 Å². The fourth-order valence-corrected chi connectivity index (χ4v) is 2.88. The third-order valence-corrected chi connectivity index (χ3v) is 5.78. The lowest BCUT2D eigenvalue weighted by Gasteiger charge is -2.19. The lowest BCUT2D eigenvalue weighted by Crippen LogP contribution is -2.39. The summed E-state index contributed by atoms with van der Waals surface area (Å²) in [4.78, 5) is 11.9. The quantitative estimate of drug-likeness (QED) is 0.731. The minimum atomic E-state index is -3.33. The Morgan fingerprint density at radius 3 is 2.58 bits per heavy atom. The highest BCUT2D eigenvalue weighted by Gasteiger charge is 2.27. The zero-order valence-corrected chi connectivity index (χ0v) is 15.0. The van der Waals surface area contributed by atoms with Crippen LogP contribution in [0.3, 0.4) is 0 Å². The van der Waals surface area contributed by atoms with Gasteiger partial charge in [0.25, 0.3) is 0 Å². The molecule has 0 bridgehead atoms. The number of carbonyl (C=O) groups is 1. The third kappa shape index (κ3) is 4.85. The number of rotatable bonds is 7. The topological polar surface area (TPSA) is 93.7 Å². The number of benzene rings is 1. The Bertz CT molecular complexity index is 695. The molecule has 0 saturated heterocycles. The maximum atomic E-state index is 11.9. The molecule has 1 aromatic carbocycles. The van der Waals surface area contributed by atoms with Gasteiger partial charge in [-0.3, -0.25) is 4.79 Å². The molecule has 134 valence electrons. The summed E-state index contributed by atoms with van der Waals surface area (Å²) in [5, 5.41) is 2.79. The maximum absolute atomic E-state index is 11.9. The van der Waals surface area contributed by atoms with Crippen molar-refractivity contribution in [1.29, 1.82) is 0 Å². The molecular weight excluding hydrogens is 332 g/mol. The van der Waals surface area contributed by atoms with Gasteiger partial charge in [-0.05, 0) is 45.7 Å². The van der Waals surface area contributed by atoms with E-state index in [4.69, 9.17) is 9.47 Å². The van der Waals surface area contributed by atoms with Gasteiger partial charge in [0.15, 0.2) is 11.5 Å². The molecule has 1 aliphatic rings. The van der Waals surface area contributed by atoms with Gasteiger partial charge in [-0.2, -0.15) is 0 Å². The monoisotopic (exact) mass is 356 g/mol. The van der Waals surface area contributed by atoms with E-state index in [1.807, 2.05) is 0 Å². The van der Waals surface area contributed by atoms with Crippen molar-refractivity contribution in [2.45, 2.75) is 44.8 Å². The first-order valence-electron chi connectivity index (χ1n) is 7.88. The van der Waals surface area contributed by atoms with Gasteiger partial charge in [-0.15, -0.1) is 0 Å². The van der Waals surface area contributed by atoms with Crippen LogP contribution in [0.2, 0.25) is 0 Å². The fraction of sp³-hybridized carbons (Fsp3) is 0.562. The van der Waals surface area contributed by atoms with Crippen LogP contribution in [-0.2, 0) is 14.8 Å². The molecule has 2 N–H and O–H groups in total. The summed E-state index contributed by atoms with van der Waals surface area (Å²) in [6.45, 7) is 5.46. The van der Waals surface area contributed by atoms with Crippen molar-refractivity contribution in [2.75, 3.05) is 18.7 Å². The lowest BCUT2D eigenvalue weighted by atomic mass is 10.2. The van der Waals surface area contributed by atoms with E-state index in [2.05, 4.69) is 10.0 Å². The van der Waals surface area contributed by atoms with Crippen LogP contribution in [0.25, 0.3) is 0 Å². The molecule has 0 fully saturated rings. The van der Waals surface area contributed by atoms with Crippen LogP contribution in [0.5, 0.6) is 11.5 Å². The summed E-state index contributed by atoms with van der Waals surface area (Å²) in [6.07, 6.45) is 1.53. The zero-order valence-electron chi connectivity index (χ0n) is 14.2. The lowest BCUT2D eigenvalue weighted by molar-refractivity contribution is -0.116. The highest BCUT2D eigenvalue weighted by Crippen LogP contribution is 2.34.